The van der Waals surface area contributed by atoms with E-state index in [-0.39, 0.29) is 17.6 Å². The number of aromatic nitrogens is 2. The number of benzene rings is 1. The zero-order valence-corrected chi connectivity index (χ0v) is 14.4. The first kappa shape index (κ1) is 17.1. The summed E-state index contributed by atoms with van der Waals surface area (Å²) in [5, 5.41) is 9.71. The fourth-order valence-corrected chi connectivity index (χ4v) is 2.85. The fourth-order valence-electron chi connectivity index (χ4n) is 2.85. The maximum absolute atomic E-state index is 13.5. The molecule has 7 nitrogen and oxygen atoms in total. The molecule has 8 heteroatoms. The topological polar surface area (TPSA) is 73.5 Å². The molecule has 2 aromatic rings. The second-order valence-electron chi connectivity index (χ2n) is 5.97. The van der Waals surface area contributed by atoms with E-state index in [1.54, 1.807) is 23.2 Å². The predicted octanol–water partition coefficient (Wildman–Crippen LogP) is 1.90. The molecule has 1 saturated heterocycles. The number of hydrogen-bond acceptors (Lipinski definition) is 4. The van der Waals surface area contributed by atoms with Gasteiger partial charge < -0.3 is 19.9 Å². The number of nitrogens with zero attached hydrogens (tertiary/aromatic N) is 3. The largest absolute Gasteiger partial charge is 0.494 e. The summed E-state index contributed by atoms with van der Waals surface area (Å²) >= 11 is 0. The molecule has 2 heterocycles. The zero-order chi connectivity index (χ0) is 17.8. The highest BCUT2D eigenvalue weighted by Gasteiger charge is 2.22. The third-order valence-corrected chi connectivity index (χ3v) is 4.43. The third-order valence-electron chi connectivity index (χ3n) is 4.43. The van der Waals surface area contributed by atoms with Crippen LogP contribution in [0.15, 0.2) is 24.4 Å². The number of anilines is 1. The van der Waals surface area contributed by atoms with Gasteiger partial charge in [0, 0.05) is 55.7 Å². The molecule has 1 aromatic heterocycles. The van der Waals surface area contributed by atoms with Crippen molar-refractivity contribution in [3.8, 4) is 5.75 Å². The summed E-state index contributed by atoms with van der Waals surface area (Å²) in [5.41, 5.74) is 2.83. The van der Waals surface area contributed by atoms with Crippen molar-refractivity contribution in [2.45, 2.75) is 13.5 Å². The molecule has 2 N–H and O–H groups in total. The van der Waals surface area contributed by atoms with Gasteiger partial charge in [0.2, 0.25) is 0 Å². The van der Waals surface area contributed by atoms with Gasteiger partial charge in [-0.1, -0.05) is 0 Å². The Morgan fingerprint density at radius 2 is 2.12 bits per heavy atom. The first-order valence-corrected chi connectivity index (χ1v) is 8.18. The molecule has 0 atom stereocenters. The molecule has 0 saturated carbocycles. The third kappa shape index (κ3) is 3.84. The van der Waals surface area contributed by atoms with Crippen LogP contribution in [-0.2, 0) is 6.54 Å². The maximum Gasteiger partial charge on any atom is 0.317 e. The van der Waals surface area contributed by atoms with Crippen molar-refractivity contribution in [1.82, 2.24) is 20.4 Å². The van der Waals surface area contributed by atoms with Gasteiger partial charge in [0.25, 0.3) is 0 Å². The average Bonchev–Trinajstić information content (AvgIpc) is 3.05. The molecule has 0 aliphatic carbocycles. The number of rotatable bonds is 4. The summed E-state index contributed by atoms with van der Waals surface area (Å²) in [5.74, 6) is -0.146. The summed E-state index contributed by atoms with van der Waals surface area (Å²) in [6.45, 7) is 4.96. The molecule has 1 aliphatic heterocycles. The quantitative estimate of drug-likeness (QED) is 0.886. The minimum atomic E-state index is -0.376. The van der Waals surface area contributed by atoms with Crippen LogP contribution in [0, 0.1) is 12.7 Å². The molecule has 0 radical (unpaired) electrons. The molecule has 25 heavy (non-hydrogen) atoms. The van der Waals surface area contributed by atoms with Crippen LogP contribution in [0.5, 0.6) is 5.75 Å². The van der Waals surface area contributed by atoms with Gasteiger partial charge in [-0.25, -0.2) is 9.18 Å². The maximum atomic E-state index is 13.5. The van der Waals surface area contributed by atoms with Gasteiger partial charge in [0.1, 0.15) is 0 Å². The highest BCUT2D eigenvalue weighted by molar-refractivity contribution is 5.74. The van der Waals surface area contributed by atoms with Crippen molar-refractivity contribution in [1.29, 1.82) is 0 Å². The molecule has 1 fully saturated rings. The van der Waals surface area contributed by atoms with E-state index in [0.717, 1.165) is 16.9 Å². The smallest absolute Gasteiger partial charge is 0.317 e. The number of hydrogen-bond donors (Lipinski definition) is 2. The molecule has 2 amide bonds. The summed E-state index contributed by atoms with van der Waals surface area (Å²) in [4.78, 5) is 16.2. The van der Waals surface area contributed by atoms with Crippen molar-refractivity contribution in [3.63, 3.8) is 0 Å². The molecular formula is C17H22FN5O2. The standard InChI is InChI=1S/C17H22FN5O2/c1-12-13(11-20-21-12)10-19-17(24)23-7-5-22(6-8-23)14-3-4-15(18)16(9-14)25-2/h3-4,9,11H,5-8,10H2,1-2H3,(H,19,24)(H,20,21). The SMILES string of the molecule is COc1cc(N2CCN(C(=O)NCc3cn[nH]c3C)CC2)ccc1F. The van der Waals surface area contributed by atoms with E-state index in [1.807, 2.05) is 6.92 Å². The lowest BCUT2D eigenvalue weighted by Crippen LogP contribution is -2.51. The Labute approximate surface area is 145 Å². The Balaban J connectivity index is 1.53. The van der Waals surface area contributed by atoms with Crippen molar-refractivity contribution in [3.05, 3.63) is 41.5 Å². The summed E-state index contributed by atoms with van der Waals surface area (Å²) in [6.07, 6.45) is 1.72. The van der Waals surface area contributed by atoms with Gasteiger partial charge >= 0.3 is 6.03 Å². The van der Waals surface area contributed by atoms with E-state index >= 15 is 0 Å². The molecule has 0 bridgehead atoms. The number of halogens is 1. The minimum Gasteiger partial charge on any atom is -0.494 e. The monoisotopic (exact) mass is 347 g/mol. The van der Waals surface area contributed by atoms with Gasteiger partial charge in [0.15, 0.2) is 11.6 Å². The van der Waals surface area contributed by atoms with E-state index in [0.29, 0.717) is 32.7 Å². The van der Waals surface area contributed by atoms with Crippen molar-refractivity contribution in [2.75, 3.05) is 38.2 Å². The van der Waals surface area contributed by atoms with Crippen LogP contribution in [0.25, 0.3) is 0 Å². The lowest BCUT2D eigenvalue weighted by Gasteiger charge is -2.36. The van der Waals surface area contributed by atoms with E-state index < -0.39 is 0 Å². The Kier molecular flexibility index (Phi) is 5.06. The number of ether oxygens (including phenoxy) is 1. The number of aryl methyl sites for hydroxylation is 1. The van der Waals surface area contributed by atoms with Crippen molar-refractivity contribution >= 4 is 11.7 Å². The zero-order valence-electron chi connectivity index (χ0n) is 14.4. The van der Waals surface area contributed by atoms with Crippen LogP contribution in [0.4, 0.5) is 14.9 Å². The number of urea groups is 1. The van der Waals surface area contributed by atoms with Crippen LogP contribution in [0.3, 0.4) is 0 Å². The lowest BCUT2D eigenvalue weighted by molar-refractivity contribution is 0.194. The Bertz CT molecular complexity index is 740. The first-order chi connectivity index (χ1) is 12.1. The van der Waals surface area contributed by atoms with Gasteiger partial charge in [-0.3, -0.25) is 5.10 Å². The highest BCUT2D eigenvalue weighted by Crippen LogP contribution is 2.25. The number of carbonyl (C=O) groups is 1. The van der Waals surface area contributed by atoms with Crippen LogP contribution in [-0.4, -0.2) is 54.4 Å². The highest BCUT2D eigenvalue weighted by atomic mass is 19.1. The van der Waals surface area contributed by atoms with Crippen LogP contribution < -0.4 is 15.0 Å². The summed E-state index contributed by atoms with van der Waals surface area (Å²) in [7, 11) is 1.45. The van der Waals surface area contributed by atoms with E-state index in [4.69, 9.17) is 4.74 Å². The summed E-state index contributed by atoms with van der Waals surface area (Å²) < 4.78 is 18.6. The molecule has 0 unspecified atom stereocenters. The fraction of sp³-hybridized carbons (Fsp3) is 0.412. The lowest BCUT2D eigenvalue weighted by atomic mass is 10.2. The molecule has 3 rings (SSSR count). The summed E-state index contributed by atoms with van der Waals surface area (Å²) in [6, 6.07) is 4.74. The van der Waals surface area contributed by atoms with E-state index in [2.05, 4.69) is 20.4 Å². The van der Waals surface area contributed by atoms with E-state index in [9.17, 15) is 9.18 Å². The van der Waals surface area contributed by atoms with Gasteiger partial charge in [0.05, 0.1) is 13.3 Å². The molecule has 0 spiro atoms. The Morgan fingerprint density at radius 3 is 2.76 bits per heavy atom. The first-order valence-electron chi connectivity index (χ1n) is 8.18. The normalized spacial score (nSPS) is 14.5. The van der Waals surface area contributed by atoms with Crippen LogP contribution in [0.1, 0.15) is 11.3 Å². The second kappa shape index (κ2) is 7.42. The predicted molar refractivity (Wildman–Crippen MR) is 92.3 cm³/mol. The molecule has 1 aromatic carbocycles. The Hall–Kier alpha value is -2.77. The van der Waals surface area contributed by atoms with Gasteiger partial charge in [-0.15, -0.1) is 0 Å². The van der Waals surface area contributed by atoms with Crippen LogP contribution in [0.2, 0.25) is 0 Å². The number of carbonyl (C=O) groups excluding carboxylic acids is 1. The molecule has 1 aliphatic rings. The van der Waals surface area contributed by atoms with Crippen molar-refractivity contribution in [2.24, 2.45) is 0 Å². The number of H-pyrrole nitrogens is 1. The van der Waals surface area contributed by atoms with Gasteiger partial charge in [-0.05, 0) is 19.1 Å². The number of nitrogens with one attached hydrogen (secondary N) is 2. The number of piperazine rings is 1. The number of methoxy groups -OCH3 is 1. The van der Waals surface area contributed by atoms with Crippen molar-refractivity contribution < 1.29 is 13.9 Å². The second-order valence-corrected chi connectivity index (χ2v) is 5.97. The number of amides is 2. The molecular weight excluding hydrogens is 325 g/mol. The minimum absolute atomic E-state index is 0.0862. The molecule has 134 valence electrons. The van der Waals surface area contributed by atoms with Gasteiger partial charge in [-0.2, -0.15) is 5.10 Å². The Morgan fingerprint density at radius 1 is 1.36 bits per heavy atom. The van der Waals surface area contributed by atoms with Crippen LogP contribution >= 0.6 is 0 Å². The van der Waals surface area contributed by atoms with E-state index in [1.165, 1.54) is 13.2 Å². The average molecular weight is 347 g/mol. The number of aromatic amines is 1.